The third kappa shape index (κ3) is 9.02. The molecule has 4 amide bonds. The number of aryl methyl sites for hydroxylation is 2. The Morgan fingerprint density at radius 2 is 1.69 bits per heavy atom. The van der Waals surface area contributed by atoms with E-state index in [0.29, 0.717) is 25.2 Å². The number of rotatable bonds is 13. The molecule has 2 aliphatic carbocycles. The molecule has 0 aromatic heterocycles. The van der Waals surface area contributed by atoms with Crippen molar-refractivity contribution in [2.45, 2.75) is 149 Å². The molecule has 2 aliphatic heterocycles. The van der Waals surface area contributed by atoms with Crippen molar-refractivity contribution in [1.82, 2.24) is 20.9 Å². The molecule has 3 N–H and O–H groups in total. The van der Waals surface area contributed by atoms with Gasteiger partial charge in [-0.25, -0.2) is 4.79 Å². The number of hydrogen-bond donors (Lipinski definition) is 3. The summed E-state index contributed by atoms with van der Waals surface area (Å²) in [6.45, 7) is 13.8. The zero-order chi connectivity index (χ0) is 37.1. The summed E-state index contributed by atoms with van der Waals surface area (Å²) >= 11 is 0. The Bertz CT molecular complexity index is 1520. The number of ether oxygens (including phenoxy) is 2. The first-order chi connectivity index (χ1) is 24.1. The second kappa shape index (κ2) is 15.6. The van der Waals surface area contributed by atoms with Crippen molar-refractivity contribution >= 4 is 35.3 Å². The Balaban J connectivity index is 1.40. The van der Waals surface area contributed by atoms with Crippen LogP contribution in [0.25, 0.3) is 0 Å². The molecule has 13 heteroatoms. The lowest BCUT2D eigenvalue weighted by Gasteiger charge is -2.35. The third-order valence-corrected chi connectivity index (χ3v) is 10.2. The van der Waals surface area contributed by atoms with Crippen molar-refractivity contribution in [1.29, 1.82) is 0 Å². The highest BCUT2D eigenvalue weighted by atomic mass is 16.7. The highest BCUT2D eigenvalue weighted by Gasteiger charge is 2.56. The standard InChI is InChI=1S/C38H55N5O8/c1-8-12-27(30(44)34(46)39-25-15-16-25)40-33(45)29-20-38(19-28(42-51-38)24-17-22(3)31(49-9-2)23(4)18-24)21-43(29)35(47)32(37(5,6)7)41-36(48)50-26-13-10-11-14-26/h17-18,25-27,29,32H,8-16,19-21H2,1-7H3,(H,39,46)(H,40,45)(H,41,48)/t27-,29-,32+,38+/m0/s1. The summed E-state index contributed by atoms with van der Waals surface area (Å²) in [5.41, 5.74) is 1.66. The molecule has 0 bridgehead atoms. The summed E-state index contributed by atoms with van der Waals surface area (Å²) in [7, 11) is 0. The van der Waals surface area contributed by atoms with Gasteiger partial charge >= 0.3 is 6.09 Å². The molecule has 280 valence electrons. The number of oxime groups is 1. The third-order valence-electron chi connectivity index (χ3n) is 10.2. The van der Waals surface area contributed by atoms with E-state index in [0.717, 1.165) is 61.0 Å². The number of carbonyl (C=O) groups is 5. The van der Waals surface area contributed by atoms with Crippen molar-refractivity contribution in [3.05, 3.63) is 28.8 Å². The van der Waals surface area contributed by atoms with Gasteiger partial charge in [-0.1, -0.05) is 39.3 Å². The van der Waals surface area contributed by atoms with E-state index < -0.39 is 58.7 Å². The fourth-order valence-corrected chi connectivity index (χ4v) is 7.36. The molecule has 51 heavy (non-hydrogen) atoms. The van der Waals surface area contributed by atoms with Crippen molar-refractivity contribution < 1.29 is 38.3 Å². The first-order valence-corrected chi connectivity index (χ1v) is 18.6. The summed E-state index contributed by atoms with van der Waals surface area (Å²) < 4.78 is 11.5. The fraction of sp³-hybridized carbons (Fsp3) is 0.684. The number of amides is 4. The van der Waals surface area contributed by atoms with Crippen LogP contribution in [0.2, 0.25) is 0 Å². The van der Waals surface area contributed by atoms with Gasteiger partial charge in [-0.15, -0.1) is 0 Å². The number of ketones is 1. The number of nitrogens with zero attached hydrogens (tertiary/aromatic N) is 2. The van der Waals surface area contributed by atoms with Gasteiger partial charge in [-0.05, 0) is 94.4 Å². The molecule has 1 saturated heterocycles. The number of likely N-dealkylation sites (tertiary alicyclic amines) is 1. The largest absolute Gasteiger partial charge is 0.493 e. The van der Waals surface area contributed by atoms with Crippen LogP contribution in [0.3, 0.4) is 0 Å². The molecule has 13 nitrogen and oxygen atoms in total. The van der Waals surface area contributed by atoms with Gasteiger partial charge in [0.2, 0.25) is 17.6 Å². The van der Waals surface area contributed by atoms with Crippen molar-refractivity contribution in [3.8, 4) is 5.75 Å². The van der Waals surface area contributed by atoms with Crippen molar-refractivity contribution in [2.75, 3.05) is 13.2 Å². The van der Waals surface area contributed by atoms with E-state index in [2.05, 4.69) is 21.1 Å². The molecule has 1 aromatic rings. The molecular weight excluding hydrogens is 654 g/mol. The zero-order valence-corrected chi connectivity index (χ0v) is 31.2. The number of benzene rings is 1. The van der Waals surface area contributed by atoms with Crippen LogP contribution in [0.4, 0.5) is 4.79 Å². The Morgan fingerprint density at radius 1 is 1.02 bits per heavy atom. The smallest absolute Gasteiger partial charge is 0.408 e. The second-order valence-corrected chi connectivity index (χ2v) is 15.8. The molecule has 0 unspecified atom stereocenters. The lowest BCUT2D eigenvalue weighted by Crippen LogP contribution is -2.59. The average molecular weight is 710 g/mol. The summed E-state index contributed by atoms with van der Waals surface area (Å²) in [6, 6.07) is 0.814. The zero-order valence-electron chi connectivity index (χ0n) is 31.2. The van der Waals surface area contributed by atoms with E-state index in [1.165, 1.54) is 4.90 Å². The maximum absolute atomic E-state index is 14.6. The van der Waals surface area contributed by atoms with Gasteiger partial charge in [0, 0.05) is 24.4 Å². The van der Waals surface area contributed by atoms with E-state index in [9.17, 15) is 24.0 Å². The predicted molar refractivity (Wildman–Crippen MR) is 190 cm³/mol. The van der Waals surface area contributed by atoms with Crippen LogP contribution >= 0.6 is 0 Å². The maximum Gasteiger partial charge on any atom is 0.408 e. The Kier molecular flexibility index (Phi) is 11.7. The van der Waals surface area contributed by atoms with E-state index in [4.69, 9.17) is 14.3 Å². The minimum absolute atomic E-state index is 0.0129. The van der Waals surface area contributed by atoms with Crippen LogP contribution in [0.15, 0.2) is 17.3 Å². The van der Waals surface area contributed by atoms with Gasteiger partial charge in [0.05, 0.1) is 24.9 Å². The molecule has 4 atom stereocenters. The van der Waals surface area contributed by atoms with Crippen LogP contribution < -0.4 is 20.7 Å². The molecule has 2 saturated carbocycles. The van der Waals surface area contributed by atoms with Gasteiger partial charge in [0.1, 0.15) is 23.9 Å². The van der Waals surface area contributed by atoms with Gasteiger partial charge in [0.15, 0.2) is 5.60 Å². The Hall–Kier alpha value is -4.16. The van der Waals surface area contributed by atoms with E-state index in [1.807, 2.05) is 60.6 Å². The molecule has 3 fully saturated rings. The fourth-order valence-electron chi connectivity index (χ4n) is 7.36. The quantitative estimate of drug-likeness (QED) is 0.254. The lowest BCUT2D eigenvalue weighted by molar-refractivity contribution is -0.144. The number of nitrogens with one attached hydrogen (secondary N) is 3. The first kappa shape index (κ1) is 38.1. The minimum Gasteiger partial charge on any atom is -0.493 e. The van der Waals surface area contributed by atoms with E-state index >= 15 is 0 Å². The van der Waals surface area contributed by atoms with Crippen LogP contribution in [0.5, 0.6) is 5.75 Å². The highest BCUT2D eigenvalue weighted by molar-refractivity contribution is 6.38. The Morgan fingerprint density at radius 3 is 2.27 bits per heavy atom. The van der Waals surface area contributed by atoms with E-state index in [-0.39, 0.29) is 31.5 Å². The normalized spacial score (nSPS) is 22.9. The summed E-state index contributed by atoms with van der Waals surface area (Å²) in [4.78, 5) is 75.4. The molecule has 4 aliphatic rings. The van der Waals surface area contributed by atoms with Gasteiger partial charge in [-0.3, -0.25) is 19.2 Å². The number of hydrogen-bond acceptors (Lipinski definition) is 9. The topological polar surface area (TPSA) is 165 Å². The second-order valence-electron chi connectivity index (χ2n) is 15.8. The minimum atomic E-state index is -1.06. The number of carbonyl (C=O) groups excluding carboxylic acids is 5. The molecule has 2 heterocycles. The SMILES string of the molecule is CCC[C@H](NC(=O)[C@@H]1C[C@]2(CC(c3cc(C)c(OCC)c(C)c3)=NO2)CN1C(=O)[C@@H](NC(=O)OC1CCCC1)C(C)(C)C)C(=O)C(=O)NC1CC1. The summed E-state index contributed by atoms with van der Waals surface area (Å²) in [5, 5.41) is 12.8. The van der Waals surface area contributed by atoms with Crippen molar-refractivity contribution in [2.24, 2.45) is 10.6 Å². The summed E-state index contributed by atoms with van der Waals surface area (Å²) in [5.74, 6) is -1.66. The maximum atomic E-state index is 14.6. The van der Waals surface area contributed by atoms with E-state index in [1.54, 1.807) is 0 Å². The average Bonchev–Trinajstić information content (AvgIpc) is 3.42. The first-order valence-electron chi connectivity index (χ1n) is 18.6. The predicted octanol–water partition coefficient (Wildman–Crippen LogP) is 4.38. The Labute approximate surface area is 300 Å². The van der Waals surface area contributed by atoms with Crippen LogP contribution in [0, 0.1) is 19.3 Å². The monoisotopic (exact) mass is 709 g/mol. The highest BCUT2D eigenvalue weighted by Crippen LogP contribution is 2.41. The lowest BCUT2D eigenvalue weighted by atomic mass is 9.85. The van der Waals surface area contributed by atoms with Gasteiger partial charge in [-0.2, -0.15) is 0 Å². The number of alkyl carbamates (subject to hydrolysis) is 1. The van der Waals surface area contributed by atoms with Crippen LogP contribution in [-0.4, -0.2) is 89.2 Å². The molecule has 5 rings (SSSR count). The number of Topliss-reactive ketones (excluding diaryl/α,β-unsaturated/α-hetero) is 1. The molecule has 1 spiro atoms. The van der Waals surface area contributed by atoms with Crippen molar-refractivity contribution in [3.63, 3.8) is 0 Å². The van der Waals surface area contributed by atoms with Gasteiger partial charge < -0.3 is 35.2 Å². The molecular formula is C38H55N5O8. The molecule has 0 radical (unpaired) electrons. The molecule has 1 aromatic carbocycles. The van der Waals surface area contributed by atoms with Crippen LogP contribution in [0.1, 0.15) is 116 Å². The van der Waals surface area contributed by atoms with Crippen LogP contribution in [-0.2, 0) is 28.8 Å². The van der Waals surface area contributed by atoms with Gasteiger partial charge in [0.25, 0.3) is 5.91 Å². The summed E-state index contributed by atoms with van der Waals surface area (Å²) in [6.07, 6.45) is 5.52.